The fourth-order valence-electron chi connectivity index (χ4n) is 3.09. The predicted molar refractivity (Wildman–Crippen MR) is 113 cm³/mol. The third-order valence-electron chi connectivity index (χ3n) is 4.65. The van der Waals surface area contributed by atoms with Crippen molar-refractivity contribution in [3.05, 3.63) is 84.1 Å². The molecule has 33 heavy (non-hydrogen) atoms. The molecule has 0 aliphatic heterocycles. The van der Waals surface area contributed by atoms with Crippen LogP contribution in [0.4, 0.5) is 19.0 Å². The minimum Gasteiger partial charge on any atom is -0.310 e. The highest BCUT2D eigenvalue weighted by molar-refractivity contribution is 5.91. The second-order valence-corrected chi connectivity index (χ2v) is 7.27. The number of nitrogens with zero attached hydrogens (tertiary/aromatic N) is 6. The zero-order valence-electron chi connectivity index (χ0n) is 17.4. The Morgan fingerprint density at radius 1 is 0.970 bits per heavy atom. The van der Waals surface area contributed by atoms with Crippen molar-refractivity contribution in [1.29, 1.82) is 0 Å². The van der Waals surface area contributed by atoms with Gasteiger partial charge >= 0.3 is 6.18 Å². The number of carbonyl (C=O) groups is 1. The minimum atomic E-state index is -4.68. The summed E-state index contributed by atoms with van der Waals surface area (Å²) in [5.74, 6) is -1.32. The number of hydrogen-bond donors (Lipinski definition) is 1. The van der Waals surface area contributed by atoms with E-state index >= 15 is 0 Å². The maximum absolute atomic E-state index is 12.7. The highest BCUT2D eigenvalue weighted by Crippen LogP contribution is 2.26. The number of benzene rings is 1. The van der Waals surface area contributed by atoms with Gasteiger partial charge in [-0.25, -0.2) is 19.9 Å². The van der Waals surface area contributed by atoms with Crippen LogP contribution in [-0.2, 0) is 30.9 Å². The number of halogens is 3. The molecule has 168 valence electrons. The molecule has 0 fully saturated rings. The Hall–Kier alpha value is -4.15. The topological polar surface area (TPSA) is 98.5 Å². The Morgan fingerprint density at radius 2 is 1.70 bits per heavy atom. The summed E-state index contributed by atoms with van der Waals surface area (Å²) < 4.78 is 39.8. The fourth-order valence-corrected chi connectivity index (χ4v) is 3.09. The van der Waals surface area contributed by atoms with Gasteiger partial charge in [-0.15, -0.1) is 0 Å². The molecule has 0 saturated carbocycles. The van der Waals surface area contributed by atoms with Gasteiger partial charge in [0.2, 0.25) is 11.7 Å². The first-order valence-electron chi connectivity index (χ1n) is 9.84. The average molecular weight is 453 g/mol. The smallest absolute Gasteiger partial charge is 0.310 e. The van der Waals surface area contributed by atoms with Crippen LogP contribution in [-0.4, -0.2) is 35.6 Å². The van der Waals surface area contributed by atoms with Gasteiger partial charge in [0.15, 0.2) is 0 Å². The summed E-state index contributed by atoms with van der Waals surface area (Å²) in [5.41, 5.74) is 3.40. The van der Waals surface area contributed by atoms with Gasteiger partial charge in [0, 0.05) is 43.8 Å². The molecule has 4 aromatic rings. The molecule has 3 aromatic heterocycles. The van der Waals surface area contributed by atoms with Gasteiger partial charge in [0.05, 0.1) is 12.6 Å². The summed E-state index contributed by atoms with van der Waals surface area (Å²) >= 11 is 0. The molecule has 3 heterocycles. The van der Waals surface area contributed by atoms with Crippen molar-refractivity contribution >= 4 is 11.7 Å². The first kappa shape index (κ1) is 22.1. The molecule has 1 aromatic carbocycles. The Balaban J connectivity index is 1.36. The van der Waals surface area contributed by atoms with Crippen molar-refractivity contribution in [2.75, 3.05) is 5.32 Å². The van der Waals surface area contributed by atoms with Gasteiger partial charge < -0.3 is 5.32 Å². The summed E-state index contributed by atoms with van der Waals surface area (Å²) in [6, 6.07) is 8.39. The Bertz CT molecular complexity index is 1250. The van der Waals surface area contributed by atoms with Crippen molar-refractivity contribution in [2.24, 2.45) is 7.05 Å². The maximum Gasteiger partial charge on any atom is 0.451 e. The molecule has 0 bridgehead atoms. The van der Waals surface area contributed by atoms with Gasteiger partial charge in [-0.05, 0) is 22.8 Å². The number of carbonyl (C=O) groups excluding carboxylic acids is 1. The lowest BCUT2D eigenvalue weighted by Gasteiger charge is -2.08. The number of hydrogen-bond acceptors (Lipinski definition) is 6. The first-order valence-corrected chi connectivity index (χ1v) is 9.84. The standard InChI is InChI=1S/C22H18F3N7O/c1-32-13-15(10-29-32)8-19-27-11-17(12-28-19)16-4-2-14(3-5-16)9-20(33)30-18-6-7-26-21(31-18)22(23,24)25/h2-7,10-13H,8-9H2,1H3,(H,26,30,31,33). The van der Waals surface area contributed by atoms with E-state index in [9.17, 15) is 18.0 Å². The van der Waals surface area contributed by atoms with Crippen LogP contribution in [0.25, 0.3) is 11.1 Å². The molecule has 0 aliphatic carbocycles. The number of amides is 1. The lowest BCUT2D eigenvalue weighted by molar-refractivity contribution is -0.145. The van der Waals surface area contributed by atoms with E-state index in [2.05, 4.69) is 30.4 Å². The van der Waals surface area contributed by atoms with E-state index < -0.39 is 17.9 Å². The predicted octanol–water partition coefficient (Wildman–Crippen LogP) is 3.46. The summed E-state index contributed by atoms with van der Waals surface area (Å²) in [6.07, 6.45) is 3.96. The highest BCUT2D eigenvalue weighted by Gasteiger charge is 2.34. The summed E-state index contributed by atoms with van der Waals surface area (Å²) in [6.45, 7) is 0. The van der Waals surface area contributed by atoms with E-state index in [4.69, 9.17) is 0 Å². The number of nitrogens with one attached hydrogen (secondary N) is 1. The Kier molecular flexibility index (Phi) is 6.11. The molecule has 0 aliphatic rings. The normalized spacial score (nSPS) is 11.4. The molecule has 0 spiro atoms. The second-order valence-electron chi connectivity index (χ2n) is 7.27. The lowest BCUT2D eigenvalue weighted by atomic mass is 10.0. The van der Waals surface area contributed by atoms with Gasteiger partial charge in [0.25, 0.3) is 0 Å². The molecule has 11 heteroatoms. The van der Waals surface area contributed by atoms with Crippen LogP contribution >= 0.6 is 0 Å². The SMILES string of the molecule is Cn1cc(Cc2ncc(-c3ccc(CC(=O)Nc4ccnc(C(F)(F)F)n4)cc3)cn2)cn1. The van der Waals surface area contributed by atoms with Crippen molar-refractivity contribution < 1.29 is 18.0 Å². The molecule has 1 amide bonds. The maximum atomic E-state index is 12.7. The van der Waals surface area contributed by atoms with Crippen LogP contribution in [0.2, 0.25) is 0 Å². The largest absolute Gasteiger partial charge is 0.451 e. The van der Waals surface area contributed by atoms with Crippen LogP contribution in [0.15, 0.2) is 61.3 Å². The Labute approximate surface area is 186 Å². The van der Waals surface area contributed by atoms with Crippen LogP contribution in [0.5, 0.6) is 0 Å². The number of aryl methyl sites for hydroxylation is 1. The van der Waals surface area contributed by atoms with Crippen molar-refractivity contribution in [3.8, 4) is 11.1 Å². The Morgan fingerprint density at radius 3 is 2.33 bits per heavy atom. The number of alkyl halides is 3. The zero-order chi connectivity index (χ0) is 23.4. The average Bonchev–Trinajstić information content (AvgIpc) is 3.19. The fraction of sp³-hybridized carbons (Fsp3) is 0.182. The van der Waals surface area contributed by atoms with E-state index in [1.807, 2.05) is 25.4 Å². The molecule has 0 unspecified atom stereocenters. The van der Waals surface area contributed by atoms with E-state index in [1.165, 1.54) is 6.07 Å². The lowest BCUT2D eigenvalue weighted by Crippen LogP contribution is -2.18. The monoisotopic (exact) mass is 453 g/mol. The quantitative estimate of drug-likeness (QED) is 0.480. The molecule has 0 saturated heterocycles. The number of rotatable bonds is 6. The summed E-state index contributed by atoms with van der Waals surface area (Å²) in [4.78, 5) is 27.5. The summed E-state index contributed by atoms with van der Waals surface area (Å²) in [5, 5.41) is 6.49. The van der Waals surface area contributed by atoms with Gasteiger partial charge in [-0.3, -0.25) is 9.48 Å². The highest BCUT2D eigenvalue weighted by atomic mass is 19.4. The van der Waals surface area contributed by atoms with Gasteiger partial charge in [-0.1, -0.05) is 24.3 Å². The third-order valence-corrected chi connectivity index (χ3v) is 4.65. The van der Waals surface area contributed by atoms with Gasteiger partial charge in [-0.2, -0.15) is 18.3 Å². The van der Waals surface area contributed by atoms with E-state index in [1.54, 1.807) is 35.4 Å². The van der Waals surface area contributed by atoms with Gasteiger partial charge in [0.1, 0.15) is 11.6 Å². The number of aromatic nitrogens is 6. The second kappa shape index (κ2) is 9.15. The molecule has 8 nitrogen and oxygen atoms in total. The molecule has 0 radical (unpaired) electrons. The van der Waals surface area contributed by atoms with Crippen LogP contribution < -0.4 is 5.32 Å². The third kappa shape index (κ3) is 5.76. The van der Waals surface area contributed by atoms with Crippen LogP contribution in [0, 0.1) is 0 Å². The molecular weight excluding hydrogens is 435 g/mol. The van der Waals surface area contributed by atoms with Crippen molar-refractivity contribution in [2.45, 2.75) is 19.0 Å². The van der Waals surface area contributed by atoms with Crippen molar-refractivity contribution in [1.82, 2.24) is 29.7 Å². The van der Waals surface area contributed by atoms with Crippen LogP contribution in [0.1, 0.15) is 22.8 Å². The first-order chi connectivity index (χ1) is 15.8. The minimum absolute atomic E-state index is 0.0216. The van der Waals surface area contributed by atoms with Crippen molar-refractivity contribution in [3.63, 3.8) is 0 Å². The van der Waals surface area contributed by atoms with E-state index in [0.29, 0.717) is 17.8 Å². The molecular formula is C22H18F3N7O. The van der Waals surface area contributed by atoms with Crippen LogP contribution in [0.3, 0.4) is 0 Å². The molecule has 1 N–H and O–H groups in total. The molecule has 0 atom stereocenters. The van der Waals surface area contributed by atoms with E-state index in [0.717, 1.165) is 22.9 Å². The van der Waals surface area contributed by atoms with E-state index in [-0.39, 0.29) is 12.2 Å². The summed E-state index contributed by atoms with van der Waals surface area (Å²) in [7, 11) is 1.85. The number of anilines is 1. The zero-order valence-corrected chi connectivity index (χ0v) is 17.4. The molecule has 4 rings (SSSR count).